The van der Waals surface area contributed by atoms with E-state index in [1.54, 1.807) is 6.07 Å². The Morgan fingerprint density at radius 2 is 2.35 bits per heavy atom. The molecule has 0 radical (unpaired) electrons. The lowest BCUT2D eigenvalue weighted by Crippen LogP contribution is -2.18. The Morgan fingerprint density at radius 3 is 3.00 bits per heavy atom. The molecule has 4 nitrogen and oxygen atoms in total. The highest BCUT2D eigenvalue weighted by Crippen LogP contribution is 2.09. The molecule has 1 aromatic carbocycles. The fraction of sp³-hybridized carbons (Fsp3) is 0.167. The van der Waals surface area contributed by atoms with E-state index in [1.807, 2.05) is 18.2 Å². The second-order valence-electron chi connectivity index (χ2n) is 3.12. The zero-order chi connectivity index (χ0) is 12.7. The van der Waals surface area contributed by atoms with Crippen molar-refractivity contribution in [3.05, 3.63) is 29.8 Å². The number of hydrogen-bond acceptors (Lipinski definition) is 3. The lowest BCUT2D eigenvalue weighted by molar-refractivity contribution is -0.139. The summed E-state index contributed by atoms with van der Waals surface area (Å²) in [6.07, 6.45) is 0.0729. The SMILES string of the molecule is COC(=O)CC#Cc1cccc(NC(N)=S)c1. The second kappa shape index (κ2) is 6.51. The topological polar surface area (TPSA) is 64.3 Å². The van der Waals surface area contributed by atoms with Crippen molar-refractivity contribution in [2.75, 3.05) is 12.4 Å². The van der Waals surface area contributed by atoms with Gasteiger partial charge in [-0.3, -0.25) is 4.79 Å². The first-order valence-electron chi connectivity index (χ1n) is 4.84. The number of carbonyl (C=O) groups excluding carboxylic acids is 1. The normalized spacial score (nSPS) is 8.76. The minimum atomic E-state index is -0.352. The van der Waals surface area contributed by atoms with Crippen LogP contribution in [0.25, 0.3) is 0 Å². The number of methoxy groups -OCH3 is 1. The molecule has 0 atom stereocenters. The molecule has 0 saturated carbocycles. The van der Waals surface area contributed by atoms with Crippen LogP contribution in [0.2, 0.25) is 0 Å². The Kier molecular flexibility index (Phi) is 4.98. The first-order chi connectivity index (χ1) is 8.11. The van der Waals surface area contributed by atoms with E-state index in [4.69, 9.17) is 18.0 Å². The summed E-state index contributed by atoms with van der Waals surface area (Å²) in [6.45, 7) is 0. The molecule has 5 heteroatoms. The highest BCUT2D eigenvalue weighted by atomic mass is 32.1. The van der Waals surface area contributed by atoms with Gasteiger partial charge in [-0.05, 0) is 30.4 Å². The van der Waals surface area contributed by atoms with Gasteiger partial charge in [-0.1, -0.05) is 17.9 Å². The van der Waals surface area contributed by atoms with E-state index in [0.717, 1.165) is 11.3 Å². The maximum atomic E-state index is 10.8. The van der Waals surface area contributed by atoms with Crippen LogP contribution in [0.15, 0.2) is 24.3 Å². The molecular formula is C12H12N2O2S. The van der Waals surface area contributed by atoms with Gasteiger partial charge in [0, 0.05) is 11.3 Å². The Morgan fingerprint density at radius 1 is 1.59 bits per heavy atom. The van der Waals surface area contributed by atoms with E-state index in [9.17, 15) is 4.79 Å². The molecule has 0 aliphatic carbocycles. The van der Waals surface area contributed by atoms with Crippen molar-refractivity contribution in [2.24, 2.45) is 5.73 Å². The lowest BCUT2D eigenvalue weighted by atomic mass is 10.2. The summed E-state index contributed by atoms with van der Waals surface area (Å²) in [4.78, 5) is 10.8. The van der Waals surface area contributed by atoms with Crippen LogP contribution in [0, 0.1) is 11.8 Å². The number of nitrogens with one attached hydrogen (secondary N) is 1. The van der Waals surface area contributed by atoms with Gasteiger partial charge in [0.05, 0.1) is 7.11 Å². The van der Waals surface area contributed by atoms with Crippen LogP contribution in [0.4, 0.5) is 5.69 Å². The van der Waals surface area contributed by atoms with Crippen LogP contribution >= 0.6 is 12.2 Å². The molecule has 0 saturated heterocycles. The number of anilines is 1. The van der Waals surface area contributed by atoms with Crippen LogP contribution in [0.3, 0.4) is 0 Å². The quantitative estimate of drug-likeness (QED) is 0.468. The molecule has 0 aromatic heterocycles. The van der Waals surface area contributed by atoms with E-state index in [0.29, 0.717) is 0 Å². The lowest BCUT2D eigenvalue weighted by Gasteiger charge is -2.02. The monoisotopic (exact) mass is 248 g/mol. The van der Waals surface area contributed by atoms with Crippen LogP contribution in [-0.4, -0.2) is 18.2 Å². The van der Waals surface area contributed by atoms with Crippen molar-refractivity contribution in [3.63, 3.8) is 0 Å². The molecule has 3 N–H and O–H groups in total. The largest absolute Gasteiger partial charge is 0.468 e. The first kappa shape index (κ1) is 13.0. The third kappa shape index (κ3) is 5.00. The number of thiocarbonyl (C=S) groups is 1. The number of ether oxygens (including phenoxy) is 1. The van der Waals surface area contributed by atoms with Crippen molar-refractivity contribution < 1.29 is 9.53 Å². The summed E-state index contributed by atoms with van der Waals surface area (Å²) >= 11 is 4.73. The molecule has 0 aliphatic rings. The van der Waals surface area contributed by atoms with Gasteiger partial charge in [0.2, 0.25) is 0 Å². The average Bonchev–Trinajstić information content (AvgIpc) is 2.28. The highest BCUT2D eigenvalue weighted by Gasteiger charge is 1.95. The summed E-state index contributed by atoms with van der Waals surface area (Å²) < 4.78 is 4.48. The van der Waals surface area contributed by atoms with Gasteiger partial charge in [-0.25, -0.2) is 0 Å². The molecule has 0 unspecified atom stereocenters. The summed E-state index contributed by atoms with van der Waals surface area (Å²) in [7, 11) is 1.33. The molecule has 0 aliphatic heterocycles. The standard InChI is InChI=1S/C12H12N2O2S/c1-16-11(15)7-3-5-9-4-2-6-10(8-9)14-12(13)17/h2,4,6,8H,7H2,1H3,(H3,13,14,17). The number of hydrogen-bond donors (Lipinski definition) is 2. The Labute approximate surface area is 105 Å². The van der Waals surface area contributed by atoms with Gasteiger partial charge in [0.25, 0.3) is 0 Å². The fourth-order valence-corrected chi connectivity index (χ4v) is 1.23. The molecule has 0 spiro atoms. The number of esters is 1. The van der Waals surface area contributed by atoms with E-state index in [1.165, 1.54) is 7.11 Å². The van der Waals surface area contributed by atoms with Crippen LogP contribution in [0.1, 0.15) is 12.0 Å². The molecule has 17 heavy (non-hydrogen) atoms. The maximum Gasteiger partial charge on any atom is 0.317 e. The van der Waals surface area contributed by atoms with E-state index < -0.39 is 0 Å². The maximum absolute atomic E-state index is 10.8. The van der Waals surface area contributed by atoms with Crippen LogP contribution < -0.4 is 11.1 Å². The number of nitrogens with two attached hydrogens (primary N) is 1. The van der Waals surface area contributed by atoms with Crippen LogP contribution in [0.5, 0.6) is 0 Å². The van der Waals surface area contributed by atoms with Crippen molar-refractivity contribution >= 4 is 29.0 Å². The summed E-state index contributed by atoms with van der Waals surface area (Å²) in [6, 6.07) is 7.27. The minimum Gasteiger partial charge on any atom is -0.468 e. The van der Waals surface area contributed by atoms with Crippen LogP contribution in [-0.2, 0) is 9.53 Å². The van der Waals surface area contributed by atoms with Crippen molar-refractivity contribution in [1.82, 2.24) is 0 Å². The zero-order valence-corrected chi connectivity index (χ0v) is 10.1. The zero-order valence-electron chi connectivity index (χ0n) is 9.32. The van der Waals surface area contributed by atoms with Gasteiger partial charge >= 0.3 is 5.97 Å². The minimum absolute atomic E-state index is 0.0729. The summed E-state index contributed by atoms with van der Waals surface area (Å²) in [5, 5.41) is 3.00. The fourth-order valence-electron chi connectivity index (χ4n) is 1.11. The van der Waals surface area contributed by atoms with Crippen molar-refractivity contribution in [3.8, 4) is 11.8 Å². The van der Waals surface area contributed by atoms with Crippen molar-refractivity contribution in [2.45, 2.75) is 6.42 Å². The molecule has 1 rings (SSSR count). The number of benzene rings is 1. The van der Waals surface area contributed by atoms with E-state index in [2.05, 4.69) is 21.9 Å². The number of carbonyl (C=O) groups is 1. The van der Waals surface area contributed by atoms with E-state index >= 15 is 0 Å². The Balaban J connectivity index is 2.71. The van der Waals surface area contributed by atoms with Gasteiger partial charge in [-0.2, -0.15) is 0 Å². The summed E-state index contributed by atoms with van der Waals surface area (Å²) in [5.41, 5.74) is 6.89. The van der Waals surface area contributed by atoms with Gasteiger partial charge < -0.3 is 15.8 Å². The molecule has 0 fully saturated rings. The van der Waals surface area contributed by atoms with Gasteiger partial charge in [-0.15, -0.1) is 0 Å². The predicted octanol–water partition coefficient (Wildman–Crippen LogP) is 1.26. The number of rotatable bonds is 2. The smallest absolute Gasteiger partial charge is 0.317 e. The molecule has 0 amide bonds. The predicted molar refractivity (Wildman–Crippen MR) is 70.4 cm³/mol. The average molecular weight is 248 g/mol. The Hall–Kier alpha value is -2.06. The van der Waals surface area contributed by atoms with E-state index in [-0.39, 0.29) is 17.5 Å². The Bertz CT molecular complexity index is 489. The van der Waals surface area contributed by atoms with Crippen molar-refractivity contribution in [1.29, 1.82) is 0 Å². The molecular weight excluding hydrogens is 236 g/mol. The highest BCUT2D eigenvalue weighted by molar-refractivity contribution is 7.80. The molecule has 0 bridgehead atoms. The second-order valence-corrected chi connectivity index (χ2v) is 3.56. The summed E-state index contributed by atoms with van der Waals surface area (Å²) in [5.74, 6) is 5.21. The van der Waals surface area contributed by atoms with Gasteiger partial charge in [0.1, 0.15) is 6.42 Å². The molecule has 0 heterocycles. The molecule has 1 aromatic rings. The first-order valence-corrected chi connectivity index (χ1v) is 5.25. The van der Waals surface area contributed by atoms with Gasteiger partial charge in [0.15, 0.2) is 5.11 Å². The third-order valence-electron chi connectivity index (χ3n) is 1.82. The molecule has 88 valence electrons. The third-order valence-corrected chi connectivity index (χ3v) is 1.93.